The number of aryl methyl sites for hydroxylation is 1. The van der Waals surface area contributed by atoms with Gasteiger partial charge in [-0.25, -0.2) is 0 Å². The molecule has 3 heteroatoms. The van der Waals surface area contributed by atoms with Crippen molar-refractivity contribution >= 4 is 0 Å². The number of fused-ring (bicyclic) bond motifs is 3. The number of hydrogen-bond acceptors (Lipinski definition) is 2. The highest BCUT2D eigenvalue weighted by Crippen LogP contribution is 2.40. The number of benzene rings is 1. The summed E-state index contributed by atoms with van der Waals surface area (Å²) in [5.74, 6) is 0. The van der Waals surface area contributed by atoms with Crippen molar-refractivity contribution in [3.8, 4) is 22.4 Å². The molecule has 1 atom stereocenters. The summed E-state index contributed by atoms with van der Waals surface area (Å²) in [6.45, 7) is 4.38. The Morgan fingerprint density at radius 3 is 2.70 bits per heavy atom. The Morgan fingerprint density at radius 1 is 1.13 bits per heavy atom. The zero-order chi connectivity index (χ0) is 20.9. The molecule has 4 rings (SSSR count). The number of aliphatic hydroxyl groups excluding tert-OH is 1. The Kier molecular flexibility index (Phi) is 6.29. The fourth-order valence-electron chi connectivity index (χ4n) is 4.58. The van der Waals surface area contributed by atoms with Crippen LogP contribution in [0.1, 0.15) is 44.0 Å². The Bertz CT molecular complexity index is 1060. The molecule has 2 heterocycles. The second-order valence-corrected chi connectivity index (χ2v) is 7.98. The lowest BCUT2D eigenvalue weighted by atomic mass is 9.89. The van der Waals surface area contributed by atoms with Crippen molar-refractivity contribution in [3.63, 3.8) is 0 Å². The summed E-state index contributed by atoms with van der Waals surface area (Å²) < 4.78 is 2.46. The lowest BCUT2D eigenvalue weighted by molar-refractivity contribution is 0.325. The molecule has 0 radical (unpaired) electrons. The van der Waals surface area contributed by atoms with Crippen LogP contribution in [0.5, 0.6) is 0 Å². The second-order valence-electron chi connectivity index (χ2n) is 7.98. The topological polar surface area (TPSA) is 38.0 Å². The summed E-state index contributed by atoms with van der Waals surface area (Å²) in [5.41, 5.74) is 8.98. The van der Waals surface area contributed by atoms with E-state index in [-0.39, 0.29) is 12.6 Å². The molecule has 0 fully saturated rings. The van der Waals surface area contributed by atoms with Gasteiger partial charge in [-0.1, -0.05) is 42.5 Å². The van der Waals surface area contributed by atoms with E-state index in [1.807, 2.05) is 19.3 Å². The van der Waals surface area contributed by atoms with E-state index < -0.39 is 0 Å². The van der Waals surface area contributed by atoms with Crippen LogP contribution < -0.4 is 0 Å². The van der Waals surface area contributed by atoms with Gasteiger partial charge in [0, 0.05) is 41.0 Å². The number of allylic oxidation sites excluding steroid dienone is 3. The predicted molar refractivity (Wildman–Crippen MR) is 124 cm³/mol. The van der Waals surface area contributed by atoms with E-state index in [9.17, 15) is 5.11 Å². The molecule has 0 saturated carbocycles. The summed E-state index contributed by atoms with van der Waals surface area (Å²) in [5, 5.41) is 9.92. The highest BCUT2D eigenvalue weighted by atomic mass is 16.3. The average Bonchev–Trinajstić information content (AvgIpc) is 3.19. The zero-order valence-electron chi connectivity index (χ0n) is 17.9. The van der Waals surface area contributed by atoms with Gasteiger partial charge >= 0.3 is 0 Å². The Balaban J connectivity index is 1.81. The van der Waals surface area contributed by atoms with E-state index in [1.165, 1.54) is 33.6 Å². The van der Waals surface area contributed by atoms with E-state index in [0.717, 1.165) is 31.3 Å². The number of hydrogen-bond donors (Lipinski definition) is 1. The number of aliphatic hydroxyl groups is 1. The van der Waals surface area contributed by atoms with Gasteiger partial charge in [0.1, 0.15) is 0 Å². The molecular weight excluding hydrogens is 368 g/mol. The minimum absolute atomic E-state index is 0.110. The first-order chi connectivity index (χ1) is 14.7. The van der Waals surface area contributed by atoms with Crippen molar-refractivity contribution in [2.24, 2.45) is 0 Å². The highest BCUT2D eigenvalue weighted by molar-refractivity contribution is 5.78. The molecule has 1 unspecified atom stereocenters. The lowest BCUT2D eigenvalue weighted by Crippen LogP contribution is -2.13. The molecule has 3 aromatic rings. The Labute approximate surface area is 179 Å². The van der Waals surface area contributed by atoms with Crippen molar-refractivity contribution in [1.29, 1.82) is 0 Å². The number of aromatic nitrogens is 2. The molecule has 0 amide bonds. The monoisotopic (exact) mass is 398 g/mol. The first-order valence-electron chi connectivity index (χ1n) is 10.9. The average molecular weight is 399 g/mol. The van der Waals surface area contributed by atoms with E-state index in [4.69, 9.17) is 0 Å². The largest absolute Gasteiger partial charge is 0.392 e. The molecule has 30 heavy (non-hydrogen) atoms. The molecule has 154 valence electrons. The second kappa shape index (κ2) is 9.27. The van der Waals surface area contributed by atoms with Crippen molar-refractivity contribution in [2.75, 3.05) is 6.61 Å². The maximum absolute atomic E-state index is 9.92. The highest BCUT2D eigenvalue weighted by Gasteiger charge is 2.24. The number of pyridine rings is 1. The SMILES string of the molecule is C/C=C\CC/C(=C\C(C)n1c(-c2ccncc2)cc2c1CCc1ccccc1-2)CO. The summed E-state index contributed by atoms with van der Waals surface area (Å²) >= 11 is 0. The van der Waals surface area contributed by atoms with Crippen LogP contribution in [-0.4, -0.2) is 21.3 Å². The first kappa shape index (κ1) is 20.4. The summed E-state index contributed by atoms with van der Waals surface area (Å²) in [6, 6.07) is 15.4. The molecule has 1 aliphatic rings. The summed E-state index contributed by atoms with van der Waals surface area (Å²) in [6.07, 6.45) is 14.1. The van der Waals surface area contributed by atoms with Crippen LogP contribution in [0.4, 0.5) is 0 Å². The molecule has 0 aliphatic heterocycles. The molecule has 0 saturated heterocycles. The zero-order valence-corrected chi connectivity index (χ0v) is 17.9. The smallest absolute Gasteiger partial charge is 0.0642 e. The molecule has 0 bridgehead atoms. The normalized spacial score (nSPS) is 14.6. The van der Waals surface area contributed by atoms with E-state index in [0.29, 0.717) is 0 Å². The van der Waals surface area contributed by atoms with Crippen LogP contribution in [-0.2, 0) is 12.8 Å². The van der Waals surface area contributed by atoms with Crippen LogP contribution in [0, 0.1) is 0 Å². The molecule has 1 aromatic carbocycles. The molecule has 1 N–H and O–H groups in total. The first-order valence-corrected chi connectivity index (χ1v) is 10.9. The van der Waals surface area contributed by atoms with Gasteiger partial charge in [0.15, 0.2) is 0 Å². The van der Waals surface area contributed by atoms with Crippen molar-refractivity contribution in [3.05, 3.63) is 89.9 Å². The van der Waals surface area contributed by atoms with E-state index >= 15 is 0 Å². The van der Waals surface area contributed by atoms with Gasteiger partial charge in [0.05, 0.1) is 6.61 Å². The van der Waals surface area contributed by atoms with Crippen LogP contribution in [0.25, 0.3) is 22.4 Å². The fourth-order valence-corrected chi connectivity index (χ4v) is 4.58. The number of nitrogens with zero attached hydrogens (tertiary/aromatic N) is 2. The Morgan fingerprint density at radius 2 is 1.93 bits per heavy atom. The third-order valence-corrected chi connectivity index (χ3v) is 6.01. The Hall–Kier alpha value is -2.91. The van der Waals surface area contributed by atoms with Gasteiger partial charge in [-0.3, -0.25) is 4.98 Å². The molecule has 1 aliphatic carbocycles. The van der Waals surface area contributed by atoms with Gasteiger partial charge in [-0.15, -0.1) is 0 Å². The van der Waals surface area contributed by atoms with Crippen molar-refractivity contribution < 1.29 is 5.11 Å². The minimum atomic E-state index is 0.110. The van der Waals surface area contributed by atoms with Crippen LogP contribution >= 0.6 is 0 Å². The summed E-state index contributed by atoms with van der Waals surface area (Å²) in [7, 11) is 0. The van der Waals surface area contributed by atoms with E-state index in [2.05, 4.69) is 77.2 Å². The minimum Gasteiger partial charge on any atom is -0.392 e. The maximum atomic E-state index is 9.92. The van der Waals surface area contributed by atoms with Gasteiger partial charge in [0.25, 0.3) is 0 Å². The van der Waals surface area contributed by atoms with Crippen molar-refractivity contribution in [1.82, 2.24) is 9.55 Å². The van der Waals surface area contributed by atoms with Crippen LogP contribution in [0.3, 0.4) is 0 Å². The fraction of sp³-hybridized carbons (Fsp3) is 0.296. The van der Waals surface area contributed by atoms with Gasteiger partial charge in [0.2, 0.25) is 0 Å². The standard InChI is InChI=1S/C27H30N2O/c1-3-4-5-8-21(19-30)17-20(2)29-26-12-11-22-9-6-7-10-24(22)25(26)18-27(29)23-13-15-28-16-14-23/h3-4,6-7,9-10,13-18,20,30H,5,8,11-12,19H2,1-2H3/b4-3-,21-17+. The third-order valence-electron chi connectivity index (χ3n) is 6.01. The molecule has 3 nitrogen and oxygen atoms in total. The molecule has 0 spiro atoms. The van der Waals surface area contributed by atoms with Gasteiger partial charge in [-0.2, -0.15) is 0 Å². The van der Waals surface area contributed by atoms with Gasteiger partial charge < -0.3 is 9.67 Å². The molecule has 2 aromatic heterocycles. The lowest BCUT2D eigenvalue weighted by Gasteiger charge is -2.23. The number of rotatable bonds is 7. The molecular formula is C27H30N2O. The van der Waals surface area contributed by atoms with Crippen LogP contribution in [0.15, 0.2) is 78.7 Å². The predicted octanol–water partition coefficient (Wildman–Crippen LogP) is 6.15. The van der Waals surface area contributed by atoms with Crippen molar-refractivity contribution in [2.45, 2.75) is 45.6 Å². The third kappa shape index (κ3) is 4.03. The summed E-state index contributed by atoms with van der Waals surface area (Å²) in [4.78, 5) is 4.21. The maximum Gasteiger partial charge on any atom is 0.0642 e. The van der Waals surface area contributed by atoms with Gasteiger partial charge in [-0.05, 0) is 74.4 Å². The van der Waals surface area contributed by atoms with E-state index in [1.54, 1.807) is 0 Å². The quantitative estimate of drug-likeness (QED) is 0.485. The van der Waals surface area contributed by atoms with Crippen LogP contribution in [0.2, 0.25) is 0 Å².